The van der Waals surface area contributed by atoms with Gasteiger partial charge in [-0.05, 0) is 24.3 Å². The highest BCUT2D eigenvalue weighted by Crippen LogP contribution is 2.38. The largest absolute Gasteiger partial charge is 0.398 e. The molecule has 0 saturated heterocycles. The summed E-state index contributed by atoms with van der Waals surface area (Å²) in [6.07, 6.45) is 0. The fourth-order valence-electron chi connectivity index (χ4n) is 2.76. The van der Waals surface area contributed by atoms with Crippen LogP contribution in [0.1, 0.15) is 41.4 Å². The molecule has 0 atom stereocenters. The number of fused-ring (bicyclic) bond motifs is 2. The maximum Gasteiger partial charge on any atom is 0.346 e. The Kier molecular flexibility index (Phi) is 2.57. The average Bonchev–Trinajstić information content (AvgIpc) is 2.95. The van der Waals surface area contributed by atoms with Crippen molar-refractivity contribution in [2.75, 3.05) is 11.5 Å². The lowest BCUT2D eigenvalue weighted by Gasteiger charge is -2.11. The first-order valence-corrected chi connectivity index (χ1v) is 6.77. The number of nitrogens with two attached hydrogens (primary N) is 2. The molecule has 2 heterocycles. The molecule has 2 aromatic carbocycles. The molecule has 2 aromatic rings. The van der Waals surface area contributed by atoms with Crippen molar-refractivity contribution in [1.82, 2.24) is 0 Å². The Hall–Kier alpha value is -3.68. The zero-order valence-corrected chi connectivity index (χ0v) is 11.9. The van der Waals surface area contributed by atoms with Crippen LogP contribution in [0.2, 0.25) is 0 Å². The molecule has 0 fully saturated rings. The van der Waals surface area contributed by atoms with E-state index in [0.717, 1.165) is 0 Å². The van der Waals surface area contributed by atoms with Gasteiger partial charge in [0.2, 0.25) is 0 Å². The van der Waals surface area contributed by atoms with E-state index in [1.807, 2.05) is 0 Å². The van der Waals surface area contributed by atoms with Crippen LogP contribution in [-0.2, 0) is 9.47 Å². The first kappa shape index (κ1) is 13.9. The highest BCUT2D eigenvalue weighted by Gasteiger charge is 2.33. The standard InChI is InChI=1S/C16H8N2O6/c17-11-3-9-7(13(19)23-15(9)21)1-5(11)6-2-8-10(4-12(6)18)16(22)24-14(8)20/h1-4H,17-18H2. The molecule has 4 rings (SSSR count). The second kappa shape index (κ2) is 4.42. The summed E-state index contributed by atoms with van der Waals surface area (Å²) in [5.41, 5.74) is 13.2. The summed E-state index contributed by atoms with van der Waals surface area (Å²) in [4.78, 5) is 46.5. The number of nitrogen functional groups attached to an aromatic ring is 2. The predicted octanol–water partition coefficient (Wildman–Crippen LogP) is 1.14. The van der Waals surface area contributed by atoms with Gasteiger partial charge in [-0.2, -0.15) is 0 Å². The molecule has 4 N–H and O–H groups in total. The molecule has 8 heteroatoms. The van der Waals surface area contributed by atoms with E-state index in [9.17, 15) is 19.2 Å². The van der Waals surface area contributed by atoms with E-state index in [1.54, 1.807) is 0 Å². The minimum absolute atomic E-state index is 0.0581. The molecule has 0 radical (unpaired) electrons. The Morgan fingerprint density at radius 3 is 1.12 bits per heavy atom. The third-order valence-corrected chi connectivity index (χ3v) is 3.92. The van der Waals surface area contributed by atoms with Crippen molar-refractivity contribution in [2.45, 2.75) is 0 Å². The molecule has 0 unspecified atom stereocenters. The molecule has 0 aromatic heterocycles. The van der Waals surface area contributed by atoms with Crippen LogP contribution in [0.4, 0.5) is 11.4 Å². The third kappa shape index (κ3) is 1.73. The van der Waals surface area contributed by atoms with Crippen LogP contribution in [0, 0.1) is 0 Å². The normalized spacial score (nSPS) is 15.2. The van der Waals surface area contributed by atoms with Gasteiger partial charge in [0.25, 0.3) is 0 Å². The minimum atomic E-state index is -0.787. The highest BCUT2D eigenvalue weighted by atomic mass is 16.6. The van der Waals surface area contributed by atoms with E-state index in [2.05, 4.69) is 9.47 Å². The molecule has 0 bridgehead atoms. The van der Waals surface area contributed by atoms with Gasteiger partial charge in [0, 0.05) is 22.5 Å². The third-order valence-electron chi connectivity index (χ3n) is 3.92. The van der Waals surface area contributed by atoms with Crippen molar-refractivity contribution in [2.24, 2.45) is 0 Å². The summed E-state index contributed by atoms with van der Waals surface area (Å²) in [7, 11) is 0. The van der Waals surface area contributed by atoms with Crippen LogP contribution < -0.4 is 11.5 Å². The van der Waals surface area contributed by atoms with E-state index in [4.69, 9.17) is 11.5 Å². The molecule has 0 aliphatic carbocycles. The SMILES string of the molecule is Nc1cc2c(cc1-c1cc3c(cc1N)C(=O)OC3=O)C(=O)OC2=O. The molecular formula is C16H8N2O6. The first-order chi connectivity index (χ1) is 11.4. The van der Waals surface area contributed by atoms with Crippen molar-refractivity contribution in [3.63, 3.8) is 0 Å². The summed E-state index contributed by atoms with van der Waals surface area (Å²) in [6.45, 7) is 0. The number of esters is 4. The molecule has 8 nitrogen and oxygen atoms in total. The van der Waals surface area contributed by atoms with Gasteiger partial charge >= 0.3 is 23.9 Å². The van der Waals surface area contributed by atoms with Gasteiger partial charge in [-0.25, -0.2) is 19.2 Å². The number of anilines is 2. The van der Waals surface area contributed by atoms with Crippen molar-refractivity contribution in [3.05, 3.63) is 46.5 Å². The summed E-state index contributed by atoms with van der Waals surface area (Å²) in [5, 5.41) is 0. The van der Waals surface area contributed by atoms with Crippen molar-refractivity contribution < 1.29 is 28.7 Å². The second-order valence-electron chi connectivity index (χ2n) is 5.32. The Bertz CT molecular complexity index is 927. The summed E-state index contributed by atoms with van der Waals surface area (Å²) in [5.74, 6) is -3.12. The Morgan fingerprint density at radius 1 is 0.500 bits per heavy atom. The van der Waals surface area contributed by atoms with E-state index in [0.29, 0.717) is 11.1 Å². The molecular weight excluding hydrogens is 316 g/mol. The Balaban J connectivity index is 1.95. The number of hydrogen-bond acceptors (Lipinski definition) is 8. The monoisotopic (exact) mass is 324 g/mol. The molecule has 24 heavy (non-hydrogen) atoms. The molecule has 0 saturated carbocycles. The average molecular weight is 324 g/mol. The lowest BCUT2D eigenvalue weighted by Crippen LogP contribution is -2.02. The van der Waals surface area contributed by atoms with Crippen LogP contribution >= 0.6 is 0 Å². The molecule has 2 aliphatic rings. The van der Waals surface area contributed by atoms with Gasteiger partial charge in [0.05, 0.1) is 22.3 Å². The van der Waals surface area contributed by atoms with E-state index < -0.39 is 23.9 Å². The summed E-state index contributed by atoms with van der Waals surface area (Å²) >= 11 is 0. The fraction of sp³-hybridized carbons (Fsp3) is 0. The van der Waals surface area contributed by atoms with Crippen molar-refractivity contribution >= 4 is 35.3 Å². The zero-order chi connectivity index (χ0) is 17.2. The lowest BCUT2D eigenvalue weighted by atomic mass is 9.94. The molecule has 0 spiro atoms. The fourth-order valence-corrected chi connectivity index (χ4v) is 2.76. The summed E-state index contributed by atoms with van der Waals surface area (Å²) < 4.78 is 9.06. The Morgan fingerprint density at radius 2 is 0.792 bits per heavy atom. The number of benzene rings is 2. The second-order valence-corrected chi connectivity index (χ2v) is 5.32. The maximum absolute atomic E-state index is 11.7. The Labute approximate surface area is 133 Å². The number of carbonyl (C=O) groups excluding carboxylic acids is 4. The van der Waals surface area contributed by atoms with Gasteiger partial charge in [0.1, 0.15) is 0 Å². The highest BCUT2D eigenvalue weighted by molar-refractivity contribution is 6.18. The lowest BCUT2D eigenvalue weighted by molar-refractivity contribution is 0.0425. The van der Waals surface area contributed by atoms with Crippen LogP contribution in [0.25, 0.3) is 11.1 Å². The van der Waals surface area contributed by atoms with Crippen LogP contribution in [0.3, 0.4) is 0 Å². The maximum atomic E-state index is 11.7. The number of ether oxygens (including phenoxy) is 2. The quantitative estimate of drug-likeness (QED) is 0.452. The first-order valence-electron chi connectivity index (χ1n) is 6.77. The number of carbonyl (C=O) groups is 4. The minimum Gasteiger partial charge on any atom is -0.398 e. The number of cyclic esters (lactones) is 4. The van der Waals surface area contributed by atoms with Crippen molar-refractivity contribution in [1.29, 1.82) is 0 Å². The van der Waals surface area contributed by atoms with Gasteiger partial charge in [-0.1, -0.05) is 0 Å². The van der Waals surface area contributed by atoms with Crippen LogP contribution in [-0.4, -0.2) is 23.9 Å². The molecule has 2 aliphatic heterocycles. The smallest absolute Gasteiger partial charge is 0.346 e. The van der Waals surface area contributed by atoms with E-state index >= 15 is 0 Å². The number of hydrogen-bond donors (Lipinski definition) is 2. The van der Waals surface area contributed by atoms with Gasteiger partial charge < -0.3 is 20.9 Å². The number of rotatable bonds is 1. The predicted molar refractivity (Wildman–Crippen MR) is 80.2 cm³/mol. The van der Waals surface area contributed by atoms with Gasteiger partial charge in [-0.15, -0.1) is 0 Å². The van der Waals surface area contributed by atoms with Crippen molar-refractivity contribution in [3.8, 4) is 11.1 Å². The molecule has 0 amide bonds. The van der Waals surface area contributed by atoms with Gasteiger partial charge in [0.15, 0.2) is 0 Å². The summed E-state index contributed by atoms with van der Waals surface area (Å²) in [6, 6.07) is 5.37. The zero-order valence-electron chi connectivity index (χ0n) is 11.9. The van der Waals surface area contributed by atoms with E-state index in [1.165, 1.54) is 24.3 Å². The van der Waals surface area contributed by atoms with E-state index in [-0.39, 0.29) is 33.6 Å². The van der Waals surface area contributed by atoms with Crippen LogP contribution in [0.15, 0.2) is 24.3 Å². The topological polar surface area (TPSA) is 139 Å². The van der Waals surface area contributed by atoms with Gasteiger partial charge in [-0.3, -0.25) is 0 Å². The van der Waals surface area contributed by atoms with Crippen LogP contribution in [0.5, 0.6) is 0 Å². The molecule has 118 valence electrons.